The van der Waals surface area contributed by atoms with Crippen LogP contribution in [0.4, 0.5) is 0 Å². The van der Waals surface area contributed by atoms with Crippen LogP contribution in [-0.4, -0.2) is 9.97 Å². The van der Waals surface area contributed by atoms with Gasteiger partial charge in [0.2, 0.25) is 0 Å². The molecule has 2 aliphatic carbocycles. The van der Waals surface area contributed by atoms with E-state index >= 15 is 0 Å². The van der Waals surface area contributed by atoms with Crippen molar-refractivity contribution in [1.82, 2.24) is 9.97 Å². The third-order valence-electron chi connectivity index (χ3n) is 14.0. The van der Waals surface area contributed by atoms with Crippen LogP contribution in [0, 0.1) is 0 Å². The zero-order chi connectivity index (χ0) is 44.0. The first-order valence-electron chi connectivity index (χ1n) is 22.6. The second-order valence-electron chi connectivity index (χ2n) is 18.0. The van der Waals surface area contributed by atoms with E-state index in [2.05, 4.69) is 202 Å². The van der Waals surface area contributed by atoms with Gasteiger partial charge < -0.3 is 9.47 Å². The summed E-state index contributed by atoms with van der Waals surface area (Å²) in [6.07, 6.45) is 0. The smallest absolute Gasteiger partial charge is 0.178 e. The van der Waals surface area contributed by atoms with Crippen molar-refractivity contribution in [3.8, 4) is 90.3 Å². The maximum Gasteiger partial charge on any atom is 0.178 e. The van der Waals surface area contributed by atoms with Crippen molar-refractivity contribution in [2.45, 2.75) is 24.7 Å². The number of hydrogen-bond donors (Lipinski definition) is 0. The van der Waals surface area contributed by atoms with Gasteiger partial charge >= 0.3 is 0 Å². The lowest BCUT2D eigenvalue weighted by Gasteiger charge is -2.34. The number of hydrogen-bond acceptors (Lipinski definition) is 4. The van der Waals surface area contributed by atoms with Crippen LogP contribution in [0.3, 0.4) is 0 Å². The highest BCUT2D eigenvalue weighted by Gasteiger charge is 2.48. The SMILES string of the molecule is CC1(C)c2ccccc2-c2ccc(-c3cc(-c4cccc(-c5cccc6c5Oc5c(ccc7c5-c5ccccc5C7(c5ccccc5)c5ccccc5)O6)c4)nc(-c4ccccc4)n3)cc21. The fourth-order valence-corrected chi connectivity index (χ4v) is 11.0. The van der Waals surface area contributed by atoms with E-state index in [0.717, 1.165) is 61.6 Å². The molecule has 0 unspecified atom stereocenters. The molecule has 0 saturated heterocycles. The third-order valence-corrected chi connectivity index (χ3v) is 14.0. The van der Waals surface area contributed by atoms with Gasteiger partial charge in [-0.05, 0) is 86.0 Å². The molecule has 3 aliphatic rings. The lowest BCUT2D eigenvalue weighted by molar-refractivity contribution is 0.361. The lowest BCUT2D eigenvalue weighted by Crippen LogP contribution is -2.28. The minimum Gasteiger partial charge on any atom is -0.449 e. The van der Waals surface area contributed by atoms with Crippen LogP contribution in [-0.2, 0) is 10.8 Å². The molecule has 4 nitrogen and oxygen atoms in total. The number of para-hydroxylation sites is 1. The number of benzene rings is 9. The maximum absolute atomic E-state index is 7.25. The molecule has 0 N–H and O–H groups in total. The monoisotopic (exact) mass is 846 g/mol. The molecule has 0 radical (unpaired) electrons. The summed E-state index contributed by atoms with van der Waals surface area (Å²) >= 11 is 0. The van der Waals surface area contributed by atoms with E-state index < -0.39 is 5.41 Å². The van der Waals surface area contributed by atoms with E-state index in [1.807, 2.05) is 30.3 Å². The standard InChI is InChI=1S/C62H42N2O2/c1-61(2)49-29-14-12-26-46(49)47-33-32-42(37-52(47)61)54-38-53(63-60(64-54)39-18-6-3-7-19-39)41-21-16-20-40(36-41)45-28-17-31-55-58(45)66-59-56(65-55)35-34-51-57(59)48-27-13-15-30-50(48)62(51,43-22-8-4-9-23-43)44-24-10-5-11-25-44/h3-38H,1-2H3. The second-order valence-corrected chi connectivity index (χ2v) is 18.0. The Hall–Kier alpha value is -8.34. The minimum absolute atomic E-state index is 0.133. The molecule has 4 heteroatoms. The Kier molecular flexibility index (Phi) is 8.44. The largest absolute Gasteiger partial charge is 0.449 e. The molecular formula is C62H42N2O2. The van der Waals surface area contributed by atoms with Crippen molar-refractivity contribution in [2.75, 3.05) is 0 Å². The van der Waals surface area contributed by atoms with Crippen LogP contribution < -0.4 is 9.47 Å². The van der Waals surface area contributed by atoms with Gasteiger partial charge in [-0.1, -0.05) is 202 Å². The molecule has 0 atom stereocenters. The Balaban J connectivity index is 0.933. The summed E-state index contributed by atoms with van der Waals surface area (Å²) in [5.41, 5.74) is 18.1. The summed E-state index contributed by atoms with van der Waals surface area (Å²) in [6, 6.07) is 77.4. The van der Waals surface area contributed by atoms with Gasteiger partial charge in [0.1, 0.15) is 0 Å². The van der Waals surface area contributed by atoms with Crippen LogP contribution in [0.15, 0.2) is 218 Å². The third kappa shape index (κ3) is 5.64. The Bertz CT molecular complexity index is 3520. The predicted octanol–water partition coefficient (Wildman–Crippen LogP) is 15.7. The fourth-order valence-electron chi connectivity index (χ4n) is 11.0. The summed E-state index contributed by atoms with van der Waals surface area (Å²) < 4.78 is 14.1. The van der Waals surface area contributed by atoms with Gasteiger partial charge in [0, 0.05) is 33.2 Å². The average molecular weight is 847 g/mol. The topological polar surface area (TPSA) is 44.2 Å². The molecule has 1 aliphatic heterocycles. The normalized spacial score (nSPS) is 14.1. The number of rotatable bonds is 6. The van der Waals surface area contributed by atoms with Crippen molar-refractivity contribution in [3.63, 3.8) is 0 Å². The van der Waals surface area contributed by atoms with Gasteiger partial charge in [-0.3, -0.25) is 0 Å². The van der Waals surface area contributed by atoms with E-state index in [-0.39, 0.29) is 5.41 Å². The molecule has 1 aromatic heterocycles. The molecule has 66 heavy (non-hydrogen) atoms. The lowest BCUT2D eigenvalue weighted by atomic mass is 9.68. The van der Waals surface area contributed by atoms with Gasteiger partial charge in [-0.15, -0.1) is 0 Å². The summed E-state index contributed by atoms with van der Waals surface area (Å²) in [7, 11) is 0. The number of nitrogens with zero attached hydrogens (tertiary/aromatic N) is 2. The van der Waals surface area contributed by atoms with Crippen LogP contribution in [0.1, 0.15) is 47.2 Å². The van der Waals surface area contributed by atoms with E-state index in [0.29, 0.717) is 23.1 Å². The van der Waals surface area contributed by atoms with Gasteiger partial charge in [0.15, 0.2) is 28.8 Å². The van der Waals surface area contributed by atoms with E-state index in [9.17, 15) is 0 Å². The Morgan fingerprint density at radius 1 is 0.348 bits per heavy atom. The molecule has 0 saturated carbocycles. The van der Waals surface area contributed by atoms with Crippen LogP contribution in [0.25, 0.3) is 67.3 Å². The molecule has 0 fully saturated rings. The first-order chi connectivity index (χ1) is 32.5. The zero-order valence-corrected chi connectivity index (χ0v) is 36.5. The van der Waals surface area contributed by atoms with Crippen molar-refractivity contribution in [3.05, 3.63) is 252 Å². The molecule has 9 aromatic carbocycles. The van der Waals surface area contributed by atoms with Crippen LogP contribution in [0.5, 0.6) is 23.0 Å². The van der Waals surface area contributed by atoms with Gasteiger partial charge in [0.25, 0.3) is 0 Å². The molecule has 0 bridgehead atoms. The molecular weight excluding hydrogens is 805 g/mol. The van der Waals surface area contributed by atoms with Crippen molar-refractivity contribution < 1.29 is 9.47 Å². The summed E-state index contributed by atoms with van der Waals surface area (Å²) in [5.74, 6) is 3.45. The number of fused-ring (bicyclic) bond motifs is 9. The minimum atomic E-state index is -0.559. The number of aromatic nitrogens is 2. The maximum atomic E-state index is 7.25. The molecule has 0 amide bonds. The molecule has 312 valence electrons. The average Bonchev–Trinajstić information content (AvgIpc) is 3.82. The van der Waals surface area contributed by atoms with E-state index in [1.54, 1.807) is 0 Å². The highest BCUT2D eigenvalue weighted by molar-refractivity contribution is 5.93. The van der Waals surface area contributed by atoms with Gasteiger partial charge in [-0.25, -0.2) is 9.97 Å². The predicted molar refractivity (Wildman–Crippen MR) is 265 cm³/mol. The zero-order valence-electron chi connectivity index (χ0n) is 36.5. The summed E-state index contributed by atoms with van der Waals surface area (Å²) in [5, 5.41) is 0. The second kappa shape index (κ2) is 14.6. The van der Waals surface area contributed by atoms with Gasteiger partial charge in [-0.2, -0.15) is 0 Å². The van der Waals surface area contributed by atoms with Crippen molar-refractivity contribution in [2.24, 2.45) is 0 Å². The molecule has 0 spiro atoms. The highest BCUT2D eigenvalue weighted by Crippen LogP contribution is 2.63. The Morgan fingerprint density at radius 2 is 0.909 bits per heavy atom. The van der Waals surface area contributed by atoms with E-state index in [1.165, 1.54) is 38.9 Å². The number of ether oxygens (including phenoxy) is 2. The Labute approximate surface area is 384 Å². The van der Waals surface area contributed by atoms with Gasteiger partial charge in [0.05, 0.1) is 16.8 Å². The first-order valence-corrected chi connectivity index (χ1v) is 22.6. The first kappa shape index (κ1) is 38.1. The summed E-state index contributed by atoms with van der Waals surface area (Å²) in [6.45, 7) is 4.64. The fraction of sp³-hybridized carbons (Fsp3) is 0.0645. The Morgan fingerprint density at radius 3 is 1.65 bits per heavy atom. The highest BCUT2D eigenvalue weighted by atomic mass is 16.6. The van der Waals surface area contributed by atoms with E-state index in [4.69, 9.17) is 19.4 Å². The summed E-state index contributed by atoms with van der Waals surface area (Å²) in [4.78, 5) is 10.5. The van der Waals surface area contributed by atoms with Crippen LogP contribution in [0.2, 0.25) is 0 Å². The molecule has 10 aromatic rings. The molecule has 13 rings (SSSR count). The van der Waals surface area contributed by atoms with Crippen LogP contribution >= 0.6 is 0 Å². The van der Waals surface area contributed by atoms with Crippen molar-refractivity contribution in [1.29, 1.82) is 0 Å². The molecule has 2 heterocycles. The van der Waals surface area contributed by atoms with Crippen molar-refractivity contribution >= 4 is 0 Å². The quantitative estimate of drug-likeness (QED) is 0.167.